The molecule has 3 N–H and O–H groups in total. The first-order chi connectivity index (χ1) is 9.65. The van der Waals surface area contributed by atoms with Crippen LogP contribution in [-0.2, 0) is 7.05 Å². The highest BCUT2D eigenvalue weighted by molar-refractivity contribution is 7.99. The number of hydrogen-bond acceptors (Lipinski definition) is 5. The number of nitrogens with one attached hydrogen (secondary N) is 1. The summed E-state index contributed by atoms with van der Waals surface area (Å²) in [5.74, 6) is 0.0309. The van der Waals surface area contributed by atoms with Crippen LogP contribution in [0.4, 0.5) is 0 Å². The number of pyridine rings is 1. The third-order valence-corrected chi connectivity index (χ3v) is 3.82. The van der Waals surface area contributed by atoms with E-state index in [-0.39, 0.29) is 5.84 Å². The number of nitrogens with two attached hydrogens (primary N) is 1. The van der Waals surface area contributed by atoms with Gasteiger partial charge in [0.1, 0.15) is 17.2 Å². The van der Waals surface area contributed by atoms with E-state index in [9.17, 15) is 0 Å². The van der Waals surface area contributed by atoms with Crippen LogP contribution in [0.2, 0.25) is 0 Å². The molecule has 2 heterocycles. The molecule has 0 bridgehead atoms. The summed E-state index contributed by atoms with van der Waals surface area (Å²) < 4.78 is 1.68. The molecule has 2 aromatic heterocycles. The first-order valence-electron chi connectivity index (χ1n) is 5.91. The third-order valence-electron chi connectivity index (χ3n) is 2.85. The van der Waals surface area contributed by atoms with Crippen molar-refractivity contribution in [2.75, 3.05) is 0 Å². The molecule has 3 aromatic rings. The fourth-order valence-corrected chi connectivity index (χ4v) is 2.68. The van der Waals surface area contributed by atoms with Crippen LogP contribution in [0.3, 0.4) is 0 Å². The van der Waals surface area contributed by atoms with Crippen LogP contribution in [0.1, 0.15) is 5.56 Å². The maximum Gasteiger partial charge on any atom is 0.192 e. The Morgan fingerprint density at radius 3 is 2.85 bits per heavy atom. The molecule has 0 spiro atoms. The van der Waals surface area contributed by atoms with Crippen molar-refractivity contribution in [3.05, 3.63) is 42.2 Å². The highest BCUT2D eigenvalue weighted by Crippen LogP contribution is 2.27. The molecule has 6 nitrogen and oxygen atoms in total. The van der Waals surface area contributed by atoms with Crippen LogP contribution >= 0.6 is 11.8 Å². The van der Waals surface area contributed by atoms with Crippen molar-refractivity contribution >= 4 is 28.5 Å². The lowest BCUT2D eigenvalue weighted by molar-refractivity contribution is 0.684. The zero-order valence-electron chi connectivity index (χ0n) is 10.7. The molecule has 7 heteroatoms. The minimum absolute atomic E-state index is 0.0309. The first-order valence-corrected chi connectivity index (χ1v) is 6.73. The van der Waals surface area contributed by atoms with Gasteiger partial charge in [-0.3, -0.25) is 5.41 Å². The number of nitrogens with zero attached hydrogens (tertiary/aromatic N) is 4. The molecule has 0 saturated carbocycles. The van der Waals surface area contributed by atoms with Crippen molar-refractivity contribution in [1.82, 2.24) is 19.7 Å². The minimum atomic E-state index is 0.0309. The highest BCUT2D eigenvalue weighted by atomic mass is 32.2. The molecular weight excluding hydrogens is 272 g/mol. The van der Waals surface area contributed by atoms with E-state index in [4.69, 9.17) is 11.1 Å². The van der Waals surface area contributed by atoms with Gasteiger partial charge in [0.15, 0.2) is 5.16 Å². The zero-order valence-corrected chi connectivity index (χ0v) is 11.6. The molecule has 1 aromatic carbocycles. The van der Waals surface area contributed by atoms with E-state index in [1.807, 2.05) is 37.4 Å². The van der Waals surface area contributed by atoms with Gasteiger partial charge in [-0.2, -0.15) is 5.10 Å². The lowest BCUT2D eigenvalue weighted by Gasteiger charge is -2.07. The number of fused-ring (bicyclic) bond motifs is 1. The second-order valence-corrected chi connectivity index (χ2v) is 5.19. The van der Waals surface area contributed by atoms with E-state index in [1.165, 1.54) is 18.1 Å². The summed E-state index contributed by atoms with van der Waals surface area (Å²) in [6.07, 6.45) is 1.50. The second-order valence-electron chi connectivity index (χ2n) is 4.21. The van der Waals surface area contributed by atoms with Gasteiger partial charge in [0.25, 0.3) is 0 Å². The van der Waals surface area contributed by atoms with Gasteiger partial charge >= 0.3 is 0 Å². The number of nitrogen functional groups attached to an aromatic ring is 1. The quantitative estimate of drug-likeness (QED) is 0.565. The van der Waals surface area contributed by atoms with Crippen LogP contribution in [0.15, 0.2) is 46.8 Å². The molecule has 0 amide bonds. The van der Waals surface area contributed by atoms with Gasteiger partial charge in [-0.25, -0.2) is 14.6 Å². The van der Waals surface area contributed by atoms with E-state index in [2.05, 4.69) is 15.1 Å². The summed E-state index contributed by atoms with van der Waals surface area (Å²) in [6.45, 7) is 0. The number of aromatic nitrogens is 4. The SMILES string of the molecule is Cn1ncnc1Sc1cc(C(=N)N)c2ccccc2n1. The van der Waals surface area contributed by atoms with Crippen LogP contribution in [-0.4, -0.2) is 25.6 Å². The van der Waals surface area contributed by atoms with Crippen molar-refractivity contribution in [2.24, 2.45) is 12.8 Å². The minimum Gasteiger partial charge on any atom is -0.384 e. The van der Waals surface area contributed by atoms with E-state index in [1.54, 1.807) is 4.68 Å². The number of hydrogen-bond donors (Lipinski definition) is 2. The molecule has 0 fully saturated rings. The molecule has 0 unspecified atom stereocenters. The van der Waals surface area contributed by atoms with Crippen molar-refractivity contribution < 1.29 is 0 Å². The average Bonchev–Trinajstić information content (AvgIpc) is 2.83. The van der Waals surface area contributed by atoms with Gasteiger partial charge in [-0.05, 0) is 23.9 Å². The largest absolute Gasteiger partial charge is 0.384 e. The van der Waals surface area contributed by atoms with E-state index in [0.29, 0.717) is 5.56 Å². The van der Waals surface area contributed by atoms with E-state index >= 15 is 0 Å². The summed E-state index contributed by atoms with van der Waals surface area (Å²) >= 11 is 1.39. The van der Waals surface area contributed by atoms with E-state index in [0.717, 1.165) is 21.1 Å². The Kier molecular flexibility index (Phi) is 3.11. The average molecular weight is 284 g/mol. The molecule has 100 valence electrons. The fourth-order valence-electron chi connectivity index (χ4n) is 1.90. The van der Waals surface area contributed by atoms with Gasteiger partial charge < -0.3 is 5.73 Å². The predicted octanol–water partition coefficient (Wildman–Crippen LogP) is 1.80. The molecule has 0 radical (unpaired) electrons. The van der Waals surface area contributed by atoms with Crippen molar-refractivity contribution in [3.8, 4) is 0 Å². The smallest absolute Gasteiger partial charge is 0.192 e. The molecule has 20 heavy (non-hydrogen) atoms. The maximum absolute atomic E-state index is 7.71. The van der Waals surface area contributed by atoms with Crippen molar-refractivity contribution in [3.63, 3.8) is 0 Å². The Morgan fingerprint density at radius 1 is 1.35 bits per heavy atom. The molecule has 0 saturated heterocycles. The Bertz CT molecular complexity index is 794. The molecular formula is C13H12N6S. The van der Waals surface area contributed by atoms with Crippen molar-refractivity contribution in [1.29, 1.82) is 5.41 Å². The summed E-state index contributed by atoms with van der Waals surface area (Å²) in [6, 6.07) is 9.45. The molecule has 3 rings (SSSR count). The van der Waals surface area contributed by atoms with Crippen molar-refractivity contribution in [2.45, 2.75) is 10.2 Å². The Balaban J connectivity index is 2.12. The van der Waals surface area contributed by atoms with Gasteiger partial charge in [0, 0.05) is 18.0 Å². The number of benzene rings is 1. The highest BCUT2D eigenvalue weighted by Gasteiger charge is 2.11. The molecule has 0 aliphatic rings. The van der Waals surface area contributed by atoms with E-state index < -0.39 is 0 Å². The lowest BCUT2D eigenvalue weighted by Crippen LogP contribution is -2.12. The number of para-hydroxylation sites is 1. The molecule has 0 aliphatic heterocycles. The number of rotatable bonds is 3. The zero-order chi connectivity index (χ0) is 14.1. The maximum atomic E-state index is 7.71. The van der Waals surface area contributed by atoms with Crippen LogP contribution in [0.25, 0.3) is 10.9 Å². The Hall–Kier alpha value is -2.41. The Morgan fingerprint density at radius 2 is 2.15 bits per heavy atom. The summed E-state index contributed by atoms with van der Waals surface area (Å²) in [5, 5.41) is 14.1. The summed E-state index contributed by atoms with van der Waals surface area (Å²) in [4.78, 5) is 8.72. The van der Waals surface area contributed by atoms with Gasteiger partial charge in [-0.15, -0.1) is 0 Å². The number of aryl methyl sites for hydroxylation is 1. The third kappa shape index (κ3) is 2.23. The topological polar surface area (TPSA) is 93.5 Å². The van der Waals surface area contributed by atoms with Crippen LogP contribution < -0.4 is 5.73 Å². The fraction of sp³-hybridized carbons (Fsp3) is 0.0769. The van der Waals surface area contributed by atoms with Gasteiger partial charge in [0.05, 0.1) is 5.52 Å². The monoisotopic (exact) mass is 284 g/mol. The lowest BCUT2D eigenvalue weighted by atomic mass is 10.1. The van der Waals surface area contributed by atoms with Crippen LogP contribution in [0.5, 0.6) is 0 Å². The second kappa shape index (κ2) is 4.93. The molecule has 0 atom stereocenters. The molecule has 0 aliphatic carbocycles. The number of amidine groups is 1. The van der Waals surface area contributed by atoms with Crippen LogP contribution in [0, 0.1) is 5.41 Å². The Labute approximate surface area is 119 Å². The van der Waals surface area contributed by atoms with Gasteiger partial charge in [-0.1, -0.05) is 18.2 Å². The standard InChI is InChI=1S/C13H12N6S/c1-19-13(16-7-17-19)20-11-6-9(12(14)15)8-4-2-3-5-10(8)18-11/h2-7H,1H3,(H3,14,15). The normalized spacial score (nSPS) is 10.8. The summed E-state index contributed by atoms with van der Waals surface area (Å²) in [7, 11) is 1.82. The van der Waals surface area contributed by atoms with Gasteiger partial charge in [0.2, 0.25) is 0 Å². The summed E-state index contributed by atoms with van der Waals surface area (Å²) in [5.41, 5.74) is 7.16. The first kappa shape index (κ1) is 12.6. The predicted molar refractivity (Wildman–Crippen MR) is 77.9 cm³/mol.